The summed E-state index contributed by atoms with van der Waals surface area (Å²) in [5.41, 5.74) is 13.8. The average molecular weight is 790 g/mol. The number of fused-ring (bicyclic) bond motifs is 8. The molecule has 4 heteroatoms. The van der Waals surface area contributed by atoms with Crippen LogP contribution in [0.4, 0.5) is 0 Å². The zero-order valence-electron chi connectivity index (χ0n) is 33.2. The molecule has 0 N–H and O–H groups in total. The average Bonchev–Trinajstić information content (AvgIpc) is 3.61. The molecule has 288 valence electrons. The molecule has 3 heterocycles. The van der Waals surface area contributed by atoms with Crippen molar-refractivity contribution in [1.29, 1.82) is 0 Å². The summed E-state index contributed by atoms with van der Waals surface area (Å²) in [7, 11) is 0. The van der Waals surface area contributed by atoms with Crippen molar-refractivity contribution in [3.63, 3.8) is 0 Å². The van der Waals surface area contributed by atoms with Crippen LogP contribution in [0.5, 0.6) is 0 Å². The zero-order chi connectivity index (χ0) is 39.9. The second-order valence-corrected chi connectivity index (χ2v) is 17.2. The van der Waals surface area contributed by atoms with Gasteiger partial charge in [0.2, 0.25) is 0 Å². The molecule has 0 saturated carbocycles. The summed E-state index contributed by atoms with van der Waals surface area (Å²) < 4.78 is 0. The fourth-order valence-corrected chi connectivity index (χ4v) is 10.9. The minimum atomic E-state index is -0.464. The summed E-state index contributed by atoms with van der Waals surface area (Å²) in [5.74, 6) is 1.72. The highest BCUT2D eigenvalue weighted by Crippen LogP contribution is 2.56. The van der Waals surface area contributed by atoms with Gasteiger partial charge in [-0.15, -0.1) is 0 Å². The summed E-state index contributed by atoms with van der Waals surface area (Å²) >= 11 is 1.83. The third-order valence-corrected chi connectivity index (χ3v) is 13.7. The van der Waals surface area contributed by atoms with Crippen LogP contribution in [0.25, 0.3) is 45.0 Å². The van der Waals surface area contributed by atoms with Gasteiger partial charge in [-0.25, -0.2) is 9.97 Å². The maximum absolute atomic E-state index is 5.24. The molecule has 4 atom stereocenters. The number of aliphatic imine (C=N–C) groups is 1. The predicted octanol–water partition coefficient (Wildman–Crippen LogP) is 13.6. The second-order valence-electron chi connectivity index (χ2n) is 16.2. The molecule has 1 spiro atoms. The molecular formula is C56H43N3S. The number of thioether (sulfide) groups is 1. The van der Waals surface area contributed by atoms with Crippen molar-refractivity contribution in [3.8, 4) is 45.0 Å². The van der Waals surface area contributed by atoms with Gasteiger partial charge < -0.3 is 0 Å². The molecule has 3 nitrogen and oxygen atoms in total. The summed E-state index contributed by atoms with van der Waals surface area (Å²) in [6.45, 7) is 0. The van der Waals surface area contributed by atoms with Crippen LogP contribution in [-0.2, 0) is 5.41 Å². The van der Waals surface area contributed by atoms with E-state index >= 15 is 0 Å². The number of rotatable bonds is 5. The first-order valence-corrected chi connectivity index (χ1v) is 21.9. The van der Waals surface area contributed by atoms with E-state index in [1.807, 2.05) is 42.2 Å². The van der Waals surface area contributed by atoms with Crippen LogP contribution in [-0.4, -0.2) is 22.2 Å². The van der Waals surface area contributed by atoms with Crippen LogP contribution < -0.4 is 0 Å². The van der Waals surface area contributed by atoms with E-state index in [1.54, 1.807) is 0 Å². The van der Waals surface area contributed by atoms with E-state index in [4.69, 9.17) is 15.0 Å². The minimum absolute atomic E-state index is 0.156. The van der Waals surface area contributed by atoms with Crippen molar-refractivity contribution >= 4 is 18.0 Å². The number of nitrogens with zero attached hydrogens (tertiary/aromatic N) is 3. The highest BCUT2D eigenvalue weighted by molar-refractivity contribution is 8.02. The van der Waals surface area contributed by atoms with Gasteiger partial charge in [-0.3, -0.25) is 4.99 Å². The lowest BCUT2D eigenvalue weighted by atomic mass is 9.71. The number of hydrogen-bond donors (Lipinski definition) is 0. The monoisotopic (exact) mass is 789 g/mol. The van der Waals surface area contributed by atoms with Crippen molar-refractivity contribution in [1.82, 2.24) is 9.97 Å². The lowest BCUT2D eigenvalue weighted by molar-refractivity contribution is 0.468. The number of hydrogen-bond acceptors (Lipinski definition) is 4. The molecular weight excluding hydrogens is 747 g/mol. The molecule has 11 rings (SSSR count). The normalized spacial score (nSPS) is 22.8. The molecule has 5 aromatic carbocycles. The molecule has 0 fully saturated rings. The molecule has 0 amide bonds. The Labute approximate surface area is 356 Å². The Hall–Kier alpha value is -6.62. The van der Waals surface area contributed by atoms with Crippen molar-refractivity contribution < 1.29 is 0 Å². The van der Waals surface area contributed by atoms with E-state index in [1.165, 1.54) is 43.9 Å². The van der Waals surface area contributed by atoms with Gasteiger partial charge in [-0.1, -0.05) is 194 Å². The molecule has 0 saturated heterocycles. The number of allylic oxidation sites excluding steroid dienone is 9. The van der Waals surface area contributed by atoms with Crippen molar-refractivity contribution in [2.24, 2.45) is 22.7 Å². The van der Waals surface area contributed by atoms with E-state index in [0.29, 0.717) is 17.8 Å². The van der Waals surface area contributed by atoms with Crippen LogP contribution in [0, 0.1) is 17.8 Å². The molecule has 2 aliphatic heterocycles. The number of benzene rings is 5. The Balaban J connectivity index is 1.03. The molecule has 0 radical (unpaired) electrons. The van der Waals surface area contributed by atoms with Crippen molar-refractivity contribution in [2.45, 2.75) is 29.2 Å². The molecule has 6 aromatic rings. The first-order chi connectivity index (χ1) is 29.7. The smallest absolute Gasteiger partial charge is 0.160 e. The standard InChI is InChI=1S/C56H43N3S/c1-3-15-39(16-4-1)51-37-52(59-55(58-51)41-17-5-2-6-18-41)44-29-30-50-53(36-44)60-34-31-38(42-20-11-21-43(35-42)45-26-12-19-40-23-14-33-57-54(40)45)22-13-32-56(50)48-27-9-7-24-46(48)47-25-8-10-28-49(47)56/h1-21,23-34,36-38,40,42,54H,22,35H2/b32-13+,34-31+. The Kier molecular flexibility index (Phi) is 9.43. The third kappa shape index (κ3) is 6.43. The Morgan fingerprint density at radius 3 is 2.03 bits per heavy atom. The third-order valence-electron chi connectivity index (χ3n) is 12.8. The van der Waals surface area contributed by atoms with Crippen LogP contribution in [0.15, 0.2) is 227 Å². The highest BCUT2D eigenvalue weighted by atomic mass is 32.2. The Morgan fingerprint density at radius 2 is 1.25 bits per heavy atom. The molecule has 3 aliphatic carbocycles. The topological polar surface area (TPSA) is 38.1 Å². The molecule has 0 bridgehead atoms. The van der Waals surface area contributed by atoms with Crippen LogP contribution >= 0.6 is 11.8 Å². The van der Waals surface area contributed by atoms with Gasteiger partial charge in [0.1, 0.15) is 0 Å². The van der Waals surface area contributed by atoms with Crippen LogP contribution in [0.2, 0.25) is 0 Å². The Bertz CT molecular complexity index is 2770. The quantitative estimate of drug-likeness (QED) is 0.163. The van der Waals surface area contributed by atoms with Gasteiger partial charge in [0, 0.05) is 33.7 Å². The lowest BCUT2D eigenvalue weighted by Crippen LogP contribution is -2.26. The highest BCUT2D eigenvalue weighted by Gasteiger charge is 2.44. The molecule has 1 aromatic heterocycles. The van der Waals surface area contributed by atoms with E-state index < -0.39 is 5.41 Å². The van der Waals surface area contributed by atoms with Gasteiger partial charge in [-0.2, -0.15) is 0 Å². The number of dihydropyridines is 1. The minimum Gasteiger partial charge on any atom is -0.284 e. The Morgan fingerprint density at radius 1 is 0.567 bits per heavy atom. The summed E-state index contributed by atoms with van der Waals surface area (Å²) in [6.07, 6.45) is 29.5. The molecule has 60 heavy (non-hydrogen) atoms. The summed E-state index contributed by atoms with van der Waals surface area (Å²) in [5, 5.41) is 2.36. The fourth-order valence-electron chi connectivity index (χ4n) is 9.89. The lowest BCUT2D eigenvalue weighted by Gasteiger charge is -2.33. The van der Waals surface area contributed by atoms with Gasteiger partial charge in [0.25, 0.3) is 0 Å². The van der Waals surface area contributed by atoms with Crippen molar-refractivity contribution in [2.75, 3.05) is 0 Å². The van der Waals surface area contributed by atoms with Crippen LogP contribution in [0.1, 0.15) is 29.5 Å². The summed E-state index contributed by atoms with van der Waals surface area (Å²) in [4.78, 5) is 16.5. The second kappa shape index (κ2) is 15.5. The SMILES string of the molecule is C1=CC2C=CC=C(C3=CC=CC(C4/C=C/Sc5cc(-c6cc(-c7ccccc7)nc(-c7ccccc7)n6)ccc5C5(/C=C/C4)c4ccccc4-c4ccccc45)C3)C2N=C1. The van der Waals surface area contributed by atoms with E-state index in [2.05, 4.69) is 181 Å². The molecule has 5 aliphatic rings. The van der Waals surface area contributed by atoms with E-state index in [0.717, 1.165) is 46.7 Å². The predicted molar refractivity (Wildman–Crippen MR) is 250 cm³/mol. The van der Waals surface area contributed by atoms with Crippen LogP contribution in [0.3, 0.4) is 0 Å². The van der Waals surface area contributed by atoms with Gasteiger partial charge in [0.05, 0.1) is 22.8 Å². The first-order valence-electron chi connectivity index (χ1n) is 21.0. The first kappa shape index (κ1) is 36.5. The summed E-state index contributed by atoms with van der Waals surface area (Å²) in [6, 6.07) is 48.1. The van der Waals surface area contributed by atoms with E-state index in [9.17, 15) is 0 Å². The molecule has 4 unspecified atom stereocenters. The van der Waals surface area contributed by atoms with E-state index in [-0.39, 0.29) is 6.04 Å². The fraction of sp³-hybridized carbons (Fsp3) is 0.125. The van der Waals surface area contributed by atoms with Crippen molar-refractivity contribution in [3.05, 3.63) is 234 Å². The maximum atomic E-state index is 5.24. The number of aromatic nitrogens is 2. The zero-order valence-corrected chi connectivity index (χ0v) is 34.0. The largest absolute Gasteiger partial charge is 0.284 e. The van der Waals surface area contributed by atoms with Gasteiger partial charge in [0.15, 0.2) is 5.82 Å². The maximum Gasteiger partial charge on any atom is 0.160 e. The van der Waals surface area contributed by atoms with Gasteiger partial charge >= 0.3 is 0 Å². The van der Waals surface area contributed by atoms with Gasteiger partial charge in [-0.05, 0) is 87.3 Å².